The molecule has 58 valence electrons. The lowest BCUT2D eigenvalue weighted by Gasteiger charge is -2.12. The monoisotopic (exact) mass is 168 g/mol. The van der Waals surface area contributed by atoms with Crippen molar-refractivity contribution in [3.05, 3.63) is 29.3 Å². The Labute approximate surface area is 70.9 Å². The molecule has 0 unspecified atom stereocenters. The number of para-hydroxylation sites is 1. The van der Waals surface area contributed by atoms with Gasteiger partial charge < -0.3 is 4.90 Å². The molecule has 0 amide bonds. The van der Waals surface area contributed by atoms with E-state index in [1.807, 2.05) is 18.2 Å². The third kappa shape index (κ3) is 1.71. The van der Waals surface area contributed by atoms with E-state index in [0.29, 0.717) is 5.02 Å². The molecule has 0 aliphatic heterocycles. The molecule has 1 aromatic carbocycles. The van der Waals surface area contributed by atoms with Crippen LogP contribution < -0.4 is 4.90 Å². The summed E-state index contributed by atoms with van der Waals surface area (Å²) < 4.78 is 0. The van der Waals surface area contributed by atoms with Crippen LogP contribution in [0.5, 0.6) is 0 Å². The SMILES string of the molecule is CN(C=N)c1ccccc1Cl. The van der Waals surface area contributed by atoms with Gasteiger partial charge in [-0.1, -0.05) is 23.7 Å². The average molecular weight is 169 g/mol. The Balaban J connectivity index is 3.02. The van der Waals surface area contributed by atoms with Gasteiger partial charge in [-0.2, -0.15) is 0 Å². The standard InChI is InChI=1S/C8H9ClN2/c1-11(6-10)8-5-3-2-4-7(8)9/h2-6,10H,1H3. The van der Waals surface area contributed by atoms with E-state index in [-0.39, 0.29) is 0 Å². The predicted octanol–water partition coefficient (Wildman–Crippen LogP) is 2.38. The molecule has 1 aromatic rings. The van der Waals surface area contributed by atoms with Crippen molar-refractivity contribution < 1.29 is 0 Å². The summed E-state index contributed by atoms with van der Waals surface area (Å²) in [5, 5.41) is 7.65. The lowest BCUT2D eigenvalue weighted by Crippen LogP contribution is -2.13. The highest BCUT2D eigenvalue weighted by Crippen LogP contribution is 2.22. The first-order valence-electron chi connectivity index (χ1n) is 3.23. The summed E-state index contributed by atoms with van der Waals surface area (Å²) in [5.74, 6) is 0. The third-order valence-corrected chi connectivity index (χ3v) is 1.75. The van der Waals surface area contributed by atoms with E-state index in [1.54, 1.807) is 18.0 Å². The Morgan fingerprint density at radius 1 is 1.45 bits per heavy atom. The van der Waals surface area contributed by atoms with Crippen molar-refractivity contribution in [1.29, 1.82) is 5.41 Å². The molecule has 0 bridgehead atoms. The zero-order valence-electron chi connectivity index (χ0n) is 6.21. The van der Waals surface area contributed by atoms with Crippen LogP contribution in [0.2, 0.25) is 5.02 Å². The van der Waals surface area contributed by atoms with Crippen LogP contribution in [0.1, 0.15) is 0 Å². The molecule has 2 nitrogen and oxygen atoms in total. The van der Waals surface area contributed by atoms with Crippen molar-refractivity contribution in [3.63, 3.8) is 0 Å². The van der Waals surface area contributed by atoms with Gasteiger partial charge in [-0.05, 0) is 12.1 Å². The van der Waals surface area contributed by atoms with Crippen molar-refractivity contribution in [1.82, 2.24) is 0 Å². The lowest BCUT2D eigenvalue weighted by molar-refractivity contribution is 1.27. The van der Waals surface area contributed by atoms with E-state index in [9.17, 15) is 0 Å². The second-order valence-electron chi connectivity index (χ2n) is 2.19. The molecule has 1 rings (SSSR count). The summed E-state index contributed by atoms with van der Waals surface area (Å²) >= 11 is 5.85. The molecule has 0 saturated heterocycles. The average Bonchev–Trinajstić information content (AvgIpc) is 2.04. The van der Waals surface area contributed by atoms with Crippen LogP contribution in [0.4, 0.5) is 5.69 Å². The normalized spacial score (nSPS) is 9.27. The second kappa shape index (κ2) is 3.39. The highest BCUT2D eigenvalue weighted by molar-refractivity contribution is 6.33. The maximum Gasteiger partial charge on any atom is 0.0859 e. The first kappa shape index (κ1) is 8.08. The van der Waals surface area contributed by atoms with Gasteiger partial charge in [-0.15, -0.1) is 0 Å². The van der Waals surface area contributed by atoms with E-state index in [2.05, 4.69) is 0 Å². The van der Waals surface area contributed by atoms with Crippen LogP contribution in [-0.2, 0) is 0 Å². The summed E-state index contributed by atoms with van der Waals surface area (Å²) in [6.45, 7) is 0. The Morgan fingerprint density at radius 2 is 2.09 bits per heavy atom. The van der Waals surface area contributed by atoms with E-state index < -0.39 is 0 Å². The van der Waals surface area contributed by atoms with Gasteiger partial charge in [0.2, 0.25) is 0 Å². The topological polar surface area (TPSA) is 27.1 Å². The number of anilines is 1. The van der Waals surface area contributed by atoms with Crippen LogP contribution >= 0.6 is 11.6 Å². The van der Waals surface area contributed by atoms with Crippen LogP contribution in [0.25, 0.3) is 0 Å². The smallest absolute Gasteiger partial charge is 0.0859 e. The third-order valence-electron chi connectivity index (χ3n) is 1.43. The number of benzene rings is 1. The summed E-state index contributed by atoms with van der Waals surface area (Å²) in [6.07, 6.45) is 1.22. The number of rotatable bonds is 2. The molecule has 0 aromatic heterocycles. The van der Waals surface area contributed by atoms with Crippen LogP contribution in [0.15, 0.2) is 24.3 Å². The Morgan fingerprint density at radius 3 is 2.64 bits per heavy atom. The fraction of sp³-hybridized carbons (Fsp3) is 0.125. The van der Waals surface area contributed by atoms with Crippen molar-refractivity contribution >= 4 is 23.6 Å². The molecule has 0 aliphatic carbocycles. The van der Waals surface area contributed by atoms with Crippen LogP contribution in [0, 0.1) is 5.41 Å². The molecular weight excluding hydrogens is 160 g/mol. The molecular formula is C8H9ClN2. The Hall–Kier alpha value is -1.02. The number of halogens is 1. The van der Waals surface area contributed by atoms with Gasteiger partial charge in [-0.3, -0.25) is 5.41 Å². The van der Waals surface area contributed by atoms with Gasteiger partial charge in [0.05, 0.1) is 17.0 Å². The highest BCUT2D eigenvalue weighted by atomic mass is 35.5. The molecule has 11 heavy (non-hydrogen) atoms. The molecule has 1 N–H and O–H groups in total. The number of hydrogen-bond acceptors (Lipinski definition) is 1. The predicted molar refractivity (Wildman–Crippen MR) is 48.6 cm³/mol. The summed E-state index contributed by atoms with van der Waals surface area (Å²) in [7, 11) is 1.79. The van der Waals surface area contributed by atoms with Gasteiger partial charge in [0.25, 0.3) is 0 Å². The molecule has 0 heterocycles. The summed E-state index contributed by atoms with van der Waals surface area (Å²) in [5.41, 5.74) is 0.851. The molecule has 0 fully saturated rings. The fourth-order valence-electron chi connectivity index (χ4n) is 0.807. The zero-order chi connectivity index (χ0) is 8.27. The van der Waals surface area contributed by atoms with Crippen molar-refractivity contribution in [2.24, 2.45) is 0 Å². The van der Waals surface area contributed by atoms with E-state index in [4.69, 9.17) is 17.0 Å². The van der Waals surface area contributed by atoms with Gasteiger partial charge in [0.1, 0.15) is 0 Å². The minimum absolute atomic E-state index is 0.665. The van der Waals surface area contributed by atoms with Gasteiger partial charge in [0.15, 0.2) is 0 Å². The molecule has 3 heteroatoms. The highest BCUT2D eigenvalue weighted by Gasteiger charge is 2.00. The Bertz CT molecular complexity index is 260. The van der Waals surface area contributed by atoms with Crippen LogP contribution in [-0.4, -0.2) is 13.4 Å². The van der Waals surface area contributed by atoms with Crippen molar-refractivity contribution in [2.75, 3.05) is 11.9 Å². The van der Waals surface area contributed by atoms with Crippen LogP contribution in [0.3, 0.4) is 0 Å². The first-order valence-corrected chi connectivity index (χ1v) is 3.61. The second-order valence-corrected chi connectivity index (χ2v) is 2.60. The maximum absolute atomic E-state index is 6.99. The quantitative estimate of drug-likeness (QED) is 0.533. The number of nitrogens with zero attached hydrogens (tertiary/aromatic N) is 1. The van der Waals surface area contributed by atoms with Gasteiger partial charge in [0, 0.05) is 7.05 Å². The van der Waals surface area contributed by atoms with E-state index in [1.165, 1.54) is 6.34 Å². The Kier molecular flexibility index (Phi) is 2.49. The zero-order valence-corrected chi connectivity index (χ0v) is 6.97. The number of nitrogens with one attached hydrogen (secondary N) is 1. The largest absolute Gasteiger partial charge is 0.335 e. The minimum Gasteiger partial charge on any atom is -0.335 e. The minimum atomic E-state index is 0.665. The van der Waals surface area contributed by atoms with Gasteiger partial charge in [-0.25, -0.2) is 0 Å². The molecule has 0 saturated carbocycles. The molecule has 0 radical (unpaired) electrons. The molecule has 0 atom stereocenters. The summed E-state index contributed by atoms with van der Waals surface area (Å²) in [4.78, 5) is 1.66. The van der Waals surface area contributed by atoms with E-state index >= 15 is 0 Å². The lowest BCUT2D eigenvalue weighted by atomic mass is 10.3. The van der Waals surface area contributed by atoms with E-state index in [0.717, 1.165) is 5.69 Å². The van der Waals surface area contributed by atoms with Crippen molar-refractivity contribution in [2.45, 2.75) is 0 Å². The van der Waals surface area contributed by atoms with Crippen molar-refractivity contribution in [3.8, 4) is 0 Å². The first-order chi connectivity index (χ1) is 5.25. The summed E-state index contributed by atoms with van der Waals surface area (Å²) in [6, 6.07) is 7.43. The molecule has 0 spiro atoms. The van der Waals surface area contributed by atoms with Gasteiger partial charge >= 0.3 is 0 Å². The molecule has 0 aliphatic rings. The maximum atomic E-state index is 6.99. The fourth-order valence-corrected chi connectivity index (χ4v) is 1.08. The number of hydrogen-bond donors (Lipinski definition) is 1.